The van der Waals surface area contributed by atoms with Crippen molar-refractivity contribution in [2.75, 3.05) is 10.8 Å². The van der Waals surface area contributed by atoms with Crippen LogP contribution in [-0.2, 0) is 32.6 Å². The highest BCUT2D eigenvalue weighted by Gasteiger charge is 2.35. The van der Waals surface area contributed by atoms with Gasteiger partial charge < -0.3 is 10.2 Å². The van der Waals surface area contributed by atoms with Crippen molar-refractivity contribution in [3.05, 3.63) is 131 Å². The van der Waals surface area contributed by atoms with E-state index < -0.39 is 28.5 Å². The van der Waals surface area contributed by atoms with E-state index in [0.717, 1.165) is 27.4 Å². The van der Waals surface area contributed by atoms with Gasteiger partial charge in [-0.25, -0.2) is 8.42 Å². The number of nitrogens with zero attached hydrogens (tertiary/aromatic N) is 2. The molecule has 2 atom stereocenters. The summed E-state index contributed by atoms with van der Waals surface area (Å²) >= 11 is 6.04. The lowest BCUT2D eigenvalue weighted by Crippen LogP contribution is -2.54. The van der Waals surface area contributed by atoms with Gasteiger partial charge in [-0.2, -0.15) is 0 Å². The number of hydrogen-bond acceptors (Lipinski definition) is 4. The van der Waals surface area contributed by atoms with E-state index in [9.17, 15) is 18.0 Å². The van der Waals surface area contributed by atoms with Crippen molar-refractivity contribution >= 4 is 39.1 Å². The predicted octanol–water partition coefficient (Wildman–Crippen LogP) is 6.40. The maximum atomic E-state index is 14.4. The molecule has 4 aromatic rings. The van der Waals surface area contributed by atoms with Gasteiger partial charge in [-0.3, -0.25) is 13.9 Å². The number of sulfonamides is 1. The molecule has 0 radical (unpaired) electrons. The van der Waals surface area contributed by atoms with Crippen molar-refractivity contribution in [3.8, 4) is 0 Å². The average molecular weight is 632 g/mol. The second kappa shape index (κ2) is 15.0. The minimum absolute atomic E-state index is 0.000938. The van der Waals surface area contributed by atoms with Crippen LogP contribution in [0, 0.1) is 6.92 Å². The van der Waals surface area contributed by atoms with Crippen LogP contribution in [-0.4, -0.2) is 43.8 Å². The Kier molecular flexibility index (Phi) is 11.2. The minimum Gasteiger partial charge on any atom is -0.352 e. The molecule has 0 saturated carbocycles. The van der Waals surface area contributed by atoms with Crippen molar-refractivity contribution in [1.82, 2.24) is 10.2 Å². The molecule has 0 aliphatic heterocycles. The Morgan fingerprint density at radius 3 is 2.00 bits per heavy atom. The van der Waals surface area contributed by atoms with E-state index in [-0.39, 0.29) is 29.8 Å². The maximum absolute atomic E-state index is 14.4. The molecule has 1 N–H and O–H groups in total. The molecule has 7 nitrogen and oxygen atoms in total. The Hall–Kier alpha value is -4.14. The number of hydrogen-bond donors (Lipinski definition) is 1. The zero-order chi connectivity index (χ0) is 31.7. The third kappa shape index (κ3) is 8.49. The summed E-state index contributed by atoms with van der Waals surface area (Å²) in [5.41, 5.74) is 3.10. The first kappa shape index (κ1) is 32.8. The van der Waals surface area contributed by atoms with Gasteiger partial charge in [-0.15, -0.1) is 0 Å². The molecule has 2 amide bonds. The number of halogens is 1. The van der Waals surface area contributed by atoms with Gasteiger partial charge in [-0.05, 0) is 67.8 Å². The first-order valence-electron chi connectivity index (χ1n) is 14.6. The van der Waals surface area contributed by atoms with Gasteiger partial charge in [0, 0.05) is 24.0 Å². The highest BCUT2D eigenvalue weighted by atomic mass is 35.5. The van der Waals surface area contributed by atoms with Gasteiger partial charge >= 0.3 is 0 Å². The van der Waals surface area contributed by atoms with Crippen molar-refractivity contribution in [3.63, 3.8) is 0 Å². The summed E-state index contributed by atoms with van der Waals surface area (Å²) in [7, 11) is -4.18. The molecule has 9 heteroatoms. The van der Waals surface area contributed by atoms with Crippen molar-refractivity contribution in [2.24, 2.45) is 0 Å². The number of rotatable bonds is 13. The van der Waals surface area contributed by atoms with Gasteiger partial charge in [0.1, 0.15) is 12.6 Å². The number of para-hydroxylation sites is 1. The summed E-state index contributed by atoms with van der Waals surface area (Å²) < 4.78 is 29.1. The molecule has 0 aromatic heterocycles. The summed E-state index contributed by atoms with van der Waals surface area (Å²) in [6.45, 7) is 5.48. The second-order valence-corrected chi connectivity index (χ2v) is 13.1. The highest BCUT2D eigenvalue weighted by Crippen LogP contribution is 2.26. The van der Waals surface area contributed by atoms with Gasteiger partial charge in [0.05, 0.1) is 10.6 Å². The molecule has 4 rings (SSSR count). The molecular weight excluding hydrogens is 594 g/mol. The van der Waals surface area contributed by atoms with E-state index in [1.807, 2.05) is 75.4 Å². The smallest absolute Gasteiger partial charge is 0.264 e. The monoisotopic (exact) mass is 631 g/mol. The van der Waals surface area contributed by atoms with Crippen LogP contribution >= 0.6 is 11.6 Å². The molecule has 0 spiro atoms. The van der Waals surface area contributed by atoms with Crippen LogP contribution in [0.3, 0.4) is 0 Å². The van der Waals surface area contributed by atoms with Crippen LogP contribution in [0.25, 0.3) is 0 Å². The summed E-state index contributed by atoms with van der Waals surface area (Å²) in [4.78, 5) is 29.8. The molecule has 44 heavy (non-hydrogen) atoms. The van der Waals surface area contributed by atoms with E-state index in [1.54, 1.807) is 30.3 Å². The number of amides is 2. The number of nitrogens with one attached hydrogen (secondary N) is 1. The molecule has 0 fully saturated rings. The van der Waals surface area contributed by atoms with E-state index >= 15 is 0 Å². The Bertz CT molecular complexity index is 1630. The Morgan fingerprint density at radius 2 is 1.41 bits per heavy atom. The van der Waals surface area contributed by atoms with Crippen molar-refractivity contribution in [2.45, 2.75) is 57.1 Å². The fourth-order valence-electron chi connectivity index (χ4n) is 4.74. The number of carbonyl (C=O) groups excluding carboxylic acids is 2. The van der Waals surface area contributed by atoms with E-state index in [1.165, 1.54) is 29.2 Å². The lowest BCUT2D eigenvalue weighted by atomic mass is 10.0. The molecule has 0 saturated heterocycles. The van der Waals surface area contributed by atoms with Crippen LogP contribution in [0.15, 0.2) is 114 Å². The summed E-state index contributed by atoms with van der Waals surface area (Å²) in [5, 5.41) is 3.44. The first-order chi connectivity index (χ1) is 21.1. The second-order valence-electron chi connectivity index (χ2n) is 10.8. The Balaban J connectivity index is 1.78. The first-order valence-corrected chi connectivity index (χ1v) is 16.4. The topological polar surface area (TPSA) is 86.8 Å². The van der Waals surface area contributed by atoms with E-state index in [4.69, 9.17) is 11.6 Å². The van der Waals surface area contributed by atoms with Gasteiger partial charge in [0.25, 0.3) is 10.0 Å². The molecule has 0 aliphatic carbocycles. The minimum atomic E-state index is -4.18. The largest absolute Gasteiger partial charge is 0.352 e. The van der Waals surface area contributed by atoms with Crippen LogP contribution in [0.2, 0.25) is 5.02 Å². The van der Waals surface area contributed by atoms with Crippen LogP contribution in [0.1, 0.15) is 37.0 Å². The van der Waals surface area contributed by atoms with E-state index in [2.05, 4.69) is 5.32 Å². The zero-order valence-electron chi connectivity index (χ0n) is 25.2. The fourth-order valence-corrected chi connectivity index (χ4v) is 6.28. The molecule has 0 unspecified atom stereocenters. The third-order valence-electron chi connectivity index (χ3n) is 7.47. The molecule has 0 aliphatic rings. The summed E-state index contributed by atoms with van der Waals surface area (Å²) in [6.07, 6.45) is 0.979. The van der Waals surface area contributed by atoms with Crippen LogP contribution < -0.4 is 9.62 Å². The van der Waals surface area contributed by atoms with E-state index in [0.29, 0.717) is 10.7 Å². The van der Waals surface area contributed by atoms with Crippen LogP contribution in [0.5, 0.6) is 0 Å². The average Bonchev–Trinajstić information content (AvgIpc) is 3.03. The molecule has 0 heterocycles. The van der Waals surface area contributed by atoms with Gasteiger partial charge in [0.2, 0.25) is 11.8 Å². The standard InChI is InChI=1S/C35H38ClN3O4S/c1-4-27(3)37-35(41)33(23-28-11-7-5-8-12-28)38(24-29-17-15-26(2)16-18-29)34(40)25-39(31-13-9-6-10-14-31)44(42,43)32-21-19-30(36)20-22-32/h5-22,27,33H,4,23-25H2,1-3H3,(H,37,41)/t27-,33+/m0/s1. The molecular formula is C35H38ClN3O4S. The number of aryl methyl sites for hydroxylation is 1. The third-order valence-corrected chi connectivity index (χ3v) is 9.51. The number of anilines is 1. The normalized spacial score (nSPS) is 12.6. The molecule has 230 valence electrons. The Morgan fingerprint density at radius 1 is 0.818 bits per heavy atom. The number of benzene rings is 4. The van der Waals surface area contributed by atoms with Crippen molar-refractivity contribution in [1.29, 1.82) is 0 Å². The molecule has 4 aromatic carbocycles. The van der Waals surface area contributed by atoms with Crippen LogP contribution in [0.4, 0.5) is 5.69 Å². The zero-order valence-corrected chi connectivity index (χ0v) is 26.8. The lowest BCUT2D eigenvalue weighted by Gasteiger charge is -2.34. The number of carbonyl (C=O) groups is 2. The Labute approximate surface area is 265 Å². The highest BCUT2D eigenvalue weighted by molar-refractivity contribution is 7.92. The van der Waals surface area contributed by atoms with Crippen molar-refractivity contribution < 1.29 is 18.0 Å². The SMILES string of the molecule is CC[C@H](C)NC(=O)[C@@H](Cc1ccccc1)N(Cc1ccc(C)cc1)C(=O)CN(c1ccccc1)S(=O)(=O)c1ccc(Cl)cc1. The predicted molar refractivity (Wildman–Crippen MR) is 176 cm³/mol. The fraction of sp³-hybridized carbons (Fsp3) is 0.257. The molecule has 0 bridgehead atoms. The summed E-state index contributed by atoms with van der Waals surface area (Å²) in [6, 6.07) is 30.6. The summed E-state index contributed by atoms with van der Waals surface area (Å²) in [5.74, 6) is -0.803. The van der Waals surface area contributed by atoms with Gasteiger partial charge in [-0.1, -0.05) is 96.9 Å². The van der Waals surface area contributed by atoms with Gasteiger partial charge in [0.15, 0.2) is 0 Å². The maximum Gasteiger partial charge on any atom is 0.264 e. The lowest BCUT2D eigenvalue weighted by molar-refractivity contribution is -0.140. The quantitative estimate of drug-likeness (QED) is 0.185.